The molecule has 1 aliphatic rings. The molecule has 2 atom stereocenters. The summed E-state index contributed by atoms with van der Waals surface area (Å²) in [4.78, 5) is 61.2. The van der Waals surface area contributed by atoms with Crippen molar-refractivity contribution < 1.29 is 28.7 Å². The fourth-order valence-corrected chi connectivity index (χ4v) is 3.06. The number of benzene rings is 1. The quantitative estimate of drug-likeness (QED) is 0.509. The molecule has 0 unspecified atom stereocenters. The molecule has 1 aromatic rings. The molecule has 0 saturated carbocycles. The van der Waals surface area contributed by atoms with Gasteiger partial charge in [0, 0.05) is 0 Å². The number of thioether (sulfide) groups is 1. The molecule has 1 heterocycles. The highest BCUT2D eigenvalue weighted by Gasteiger charge is 2.43. The first-order chi connectivity index (χ1) is 12.8. The number of hydrogen-bond acceptors (Lipinski definition) is 7. The van der Waals surface area contributed by atoms with E-state index in [4.69, 9.17) is 10.5 Å². The number of carbonyl (C=O) groups is 5. The standard InChI is InChI=1S/C17H19N3O6S/c1-9(13(21)19-17(18)25)26-16(24)12(7-8-27-2)20-14(22)10-5-3-4-6-11(10)15(20)23/h3-6,9,12H,7-8H2,1-2H3,(H3,18,19,21,25)/t9-,12-/m0/s1. The molecule has 27 heavy (non-hydrogen) atoms. The van der Waals surface area contributed by atoms with Crippen LogP contribution in [0.2, 0.25) is 0 Å². The summed E-state index contributed by atoms with van der Waals surface area (Å²) in [6.07, 6.45) is 0.653. The van der Waals surface area contributed by atoms with E-state index in [1.54, 1.807) is 17.4 Å². The van der Waals surface area contributed by atoms with E-state index < -0.39 is 41.9 Å². The van der Waals surface area contributed by atoms with Gasteiger partial charge in [-0.1, -0.05) is 12.1 Å². The van der Waals surface area contributed by atoms with Gasteiger partial charge >= 0.3 is 12.0 Å². The summed E-state index contributed by atoms with van der Waals surface area (Å²) < 4.78 is 5.07. The number of urea groups is 1. The summed E-state index contributed by atoms with van der Waals surface area (Å²) in [7, 11) is 0. The number of fused-ring (bicyclic) bond motifs is 1. The first kappa shape index (κ1) is 20.4. The maximum Gasteiger partial charge on any atom is 0.330 e. The first-order valence-corrected chi connectivity index (χ1v) is 9.44. The number of amides is 5. The van der Waals surface area contributed by atoms with Crippen LogP contribution in [0.1, 0.15) is 34.1 Å². The molecule has 5 amide bonds. The third kappa shape index (κ3) is 4.45. The number of rotatable bonds is 7. The number of hydrogen-bond donors (Lipinski definition) is 2. The number of ether oxygens (including phenoxy) is 1. The van der Waals surface area contributed by atoms with Crippen LogP contribution in [-0.4, -0.2) is 58.8 Å². The van der Waals surface area contributed by atoms with Gasteiger partial charge in [0.05, 0.1) is 11.1 Å². The highest BCUT2D eigenvalue weighted by Crippen LogP contribution is 2.26. The van der Waals surface area contributed by atoms with Gasteiger partial charge in [-0.2, -0.15) is 11.8 Å². The van der Waals surface area contributed by atoms with Gasteiger partial charge in [-0.15, -0.1) is 0 Å². The second-order valence-electron chi connectivity index (χ2n) is 5.76. The number of nitrogens with two attached hydrogens (primary N) is 1. The summed E-state index contributed by atoms with van der Waals surface area (Å²) in [6.45, 7) is 1.25. The van der Waals surface area contributed by atoms with E-state index in [1.807, 2.05) is 6.26 Å². The molecule has 0 bridgehead atoms. The Bertz CT molecular complexity index is 762. The molecular formula is C17H19N3O6S. The van der Waals surface area contributed by atoms with Crippen LogP contribution in [0.5, 0.6) is 0 Å². The molecule has 0 saturated heterocycles. The fourth-order valence-electron chi connectivity index (χ4n) is 2.60. The topological polar surface area (TPSA) is 136 Å². The van der Waals surface area contributed by atoms with E-state index in [2.05, 4.69) is 0 Å². The normalized spacial score (nSPS) is 15.1. The molecule has 144 valence electrons. The number of primary amides is 1. The summed E-state index contributed by atoms with van der Waals surface area (Å²) in [5.41, 5.74) is 5.28. The Kier molecular flexibility index (Phi) is 6.56. The van der Waals surface area contributed by atoms with E-state index in [-0.39, 0.29) is 17.5 Å². The van der Waals surface area contributed by atoms with Gasteiger partial charge in [0.15, 0.2) is 6.10 Å². The monoisotopic (exact) mass is 393 g/mol. The third-order valence-electron chi connectivity index (χ3n) is 3.91. The van der Waals surface area contributed by atoms with Crippen LogP contribution in [0.4, 0.5) is 4.79 Å². The number of carbonyl (C=O) groups excluding carboxylic acids is 5. The molecule has 0 spiro atoms. The minimum Gasteiger partial charge on any atom is -0.451 e. The minimum absolute atomic E-state index is 0.162. The van der Waals surface area contributed by atoms with Crippen LogP contribution < -0.4 is 11.1 Å². The summed E-state index contributed by atoms with van der Waals surface area (Å²) >= 11 is 1.43. The summed E-state index contributed by atoms with van der Waals surface area (Å²) in [5, 5.41) is 1.80. The lowest BCUT2D eigenvalue weighted by atomic mass is 10.1. The molecule has 0 radical (unpaired) electrons. The molecule has 9 nitrogen and oxygen atoms in total. The maximum absolute atomic E-state index is 12.6. The zero-order valence-electron chi connectivity index (χ0n) is 14.8. The van der Waals surface area contributed by atoms with Crippen molar-refractivity contribution in [3.8, 4) is 0 Å². The van der Waals surface area contributed by atoms with Crippen molar-refractivity contribution in [2.45, 2.75) is 25.5 Å². The molecular weight excluding hydrogens is 374 g/mol. The summed E-state index contributed by atoms with van der Waals surface area (Å²) in [6, 6.07) is 4.00. The number of nitrogens with one attached hydrogen (secondary N) is 1. The van der Waals surface area contributed by atoms with Gasteiger partial charge < -0.3 is 10.5 Å². The van der Waals surface area contributed by atoms with Crippen LogP contribution in [0.3, 0.4) is 0 Å². The predicted octanol–water partition coefficient (Wildman–Crippen LogP) is 0.531. The second kappa shape index (κ2) is 8.67. The Morgan fingerprint density at radius 3 is 2.22 bits per heavy atom. The molecule has 1 aliphatic heterocycles. The van der Waals surface area contributed by atoms with Crippen LogP contribution in [-0.2, 0) is 14.3 Å². The van der Waals surface area contributed by atoms with E-state index in [0.717, 1.165) is 4.90 Å². The molecule has 0 fully saturated rings. The van der Waals surface area contributed by atoms with E-state index >= 15 is 0 Å². The van der Waals surface area contributed by atoms with Crippen molar-refractivity contribution in [1.82, 2.24) is 10.2 Å². The zero-order chi connectivity index (χ0) is 20.1. The van der Waals surface area contributed by atoms with Crippen LogP contribution in [0.25, 0.3) is 0 Å². The Morgan fingerprint density at radius 2 is 1.74 bits per heavy atom. The Labute approximate surface area is 159 Å². The largest absolute Gasteiger partial charge is 0.451 e. The summed E-state index contributed by atoms with van der Waals surface area (Å²) in [5.74, 6) is -2.51. The lowest BCUT2D eigenvalue weighted by Crippen LogP contribution is -2.49. The molecule has 3 N–H and O–H groups in total. The zero-order valence-corrected chi connectivity index (χ0v) is 15.6. The van der Waals surface area contributed by atoms with Crippen molar-refractivity contribution in [1.29, 1.82) is 0 Å². The molecule has 2 rings (SSSR count). The SMILES string of the molecule is CSCC[C@@H](C(=O)O[C@@H](C)C(=O)NC(N)=O)N1C(=O)c2ccccc2C1=O. The van der Waals surface area contributed by atoms with Crippen LogP contribution in [0.15, 0.2) is 24.3 Å². The highest BCUT2D eigenvalue weighted by molar-refractivity contribution is 7.98. The number of imide groups is 2. The van der Waals surface area contributed by atoms with E-state index in [1.165, 1.54) is 30.8 Å². The Morgan fingerprint density at radius 1 is 1.19 bits per heavy atom. The molecule has 0 aromatic heterocycles. The molecule has 10 heteroatoms. The van der Waals surface area contributed by atoms with Gasteiger partial charge in [-0.05, 0) is 37.5 Å². The molecule has 1 aromatic carbocycles. The van der Waals surface area contributed by atoms with E-state index in [0.29, 0.717) is 5.75 Å². The lowest BCUT2D eigenvalue weighted by Gasteiger charge is -2.25. The maximum atomic E-state index is 12.6. The van der Waals surface area contributed by atoms with Crippen LogP contribution >= 0.6 is 11.8 Å². The predicted molar refractivity (Wildman–Crippen MR) is 97.0 cm³/mol. The highest BCUT2D eigenvalue weighted by atomic mass is 32.2. The van der Waals surface area contributed by atoms with Crippen molar-refractivity contribution in [2.24, 2.45) is 5.73 Å². The number of esters is 1. The lowest BCUT2D eigenvalue weighted by molar-refractivity contribution is -0.158. The average molecular weight is 393 g/mol. The number of nitrogens with zero attached hydrogens (tertiary/aromatic N) is 1. The van der Waals surface area contributed by atoms with E-state index in [9.17, 15) is 24.0 Å². The molecule has 0 aliphatic carbocycles. The van der Waals surface area contributed by atoms with Crippen molar-refractivity contribution in [3.05, 3.63) is 35.4 Å². The van der Waals surface area contributed by atoms with Crippen molar-refractivity contribution in [3.63, 3.8) is 0 Å². The average Bonchev–Trinajstić information content (AvgIpc) is 2.87. The van der Waals surface area contributed by atoms with Gasteiger partial charge in [0.25, 0.3) is 17.7 Å². The minimum atomic E-state index is -1.32. The Hall–Kier alpha value is -2.88. The van der Waals surface area contributed by atoms with Crippen LogP contribution in [0, 0.1) is 0 Å². The van der Waals surface area contributed by atoms with Gasteiger partial charge in [-0.25, -0.2) is 9.59 Å². The third-order valence-corrected chi connectivity index (χ3v) is 4.56. The van der Waals surface area contributed by atoms with Crippen molar-refractivity contribution >= 4 is 41.5 Å². The fraction of sp³-hybridized carbons (Fsp3) is 0.353. The smallest absolute Gasteiger partial charge is 0.330 e. The Balaban J connectivity index is 2.21. The first-order valence-electron chi connectivity index (χ1n) is 8.04. The second-order valence-corrected chi connectivity index (χ2v) is 6.74. The van der Waals surface area contributed by atoms with Gasteiger partial charge in [-0.3, -0.25) is 24.6 Å². The van der Waals surface area contributed by atoms with Gasteiger partial charge in [0.1, 0.15) is 6.04 Å². The van der Waals surface area contributed by atoms with Crippen molar-refractivity contribution in [2.75, 3.05) is 12.0 Å². The van der Waals surface area contributed by atoms with Gasteiger partial charge in [0.2, 0.25) is 0 Å².